The number of carbonyl (C=O) groups excluding carboxylic acids is 2. The van der Waals surface area contributed by atoms with Crippen molar-refractivity contribution < 1.29 is 19.1 Å². The molecule has 1 rings (SSSR count). The molecular formula is C12H9ClO4. The van der Waals surface area contributed by atoms with Gasteiger partial charge in [-0.25, -0.2) is 9.59 Å². The highest BCUT2D eigenvalue weighted by Crippen LogP contribution is 2.18. The van der Waals surface area contributed by atoms with Crippen molar-refractivity contribution in [2.24, 2.45) is 0 Å². The summed E-state index contributed by atoms with van der Waals surface area (Å²) in [5, 5.41) is 0.216. The fraction of sp³-hybridized carbons (Fsp3) is 0.167. The number of rotatable bonds is 1. The van der Waals surface area contributed by atoms with Gasteiger partial charge in [0.1, 0.15) is 0 Å². The summed E-state index contributed by atoms with van der Waals surface area (Å²) in [6.45, 7) is 0. The van der Waals surface area contributed by atoms with E-state index in [4.69, 9.17) is 11.6 Å². The summed E-state index contributed by atoms with van der Waals surface area (Å²) in [6.07, 6.45) is 0. The van der Waals surface area contributed by atoms with E-state index < -0.39 is 11.9 Å². The number of methoxy groups -OCH3 is 2. The van der Waals surface area contributed by atoms with Crippen molar-refractivity contribution in [1.82, 2.24) is 0 Å². The summed E-state index contributed by atoms with van der Waals surface area (Å²) in [6, 6.07) is 4.52. The molecule has 0 aliphatic heterocycles. The molecule has 0 saturated carbocycles. The summed E-state index contributed by atoms with van der Waals surface area (Å²) in [4.78, 5) is 22.0. The third kappa shape index (κ3) is 3.51. The topological polar surface area (TPSA) is 52.6 Å². The predicted molar refractivity (Wildman–Crippen MR) is 61.7 cm³/mol. The smallest absolute Gasteiger partial charge is 0.384 e. The first-order valence-electron chi connectivity index (χ1n) is 4.56. The van der Waals surface area contributed by atoms with Gasteiger partial charge in [-0.1, -0.05) is 17.5 Å². The quantitative estimate of drug-likeness (QED) is 0.563. The van der Waals surface area contributed by atoms with Crippen LogP contribution < -0.4 is 0 Å². The third-order valence-electron chi connectivity index (χ3n) is 1.87. The minimum atomic E-state index is -0.641. The normalized spacial score (nSPS) is 8.88. The van der Waals surface area contributed by atoms with Gasteiger partial charge in [-0.15, -0.1) is 0 Å². The maximum absolute atomic E-state index is 11.2. The Hall–Kier alpha value is -1.99. The Kier molecular flexibility index (Phi) is 4.56. The van der Waals surface area contributed by atoms with Crippen LogP contribution in [0.25, 0.3) is 0 Å². The summed E-state index contributed by atoms with van der Waals surface area (Å²) >= 11 is 5.87. The van der Waals surface area contributed by atoms with Crippen molar-refractivity contribution in [2.75, 3.05) is 14.2 Å². The Labute approximate surface area is 103 Å². The molecule has 17 heavy (non-hydrogen) atoms. The van der Waals surface area contributed by atoms with Gasteiger partial charge in [0.05, 0.1) is 24.8 Å². The lowest BCUT2D eigenvalue weighted by atomic mass is 10.1. The molecule has 0 aliphatic rings. The molecule has 0 radical (unpaired) electrons. The Morgan fingerprint density at radius 2 is 1.94 bits per heavy atom. The van der Waals surface area contributed by atoms with Gasteiger partial charge in [0.2, 0.25) is 0 Å². The van der Waals surface area contributed by atoms with Gasteiger partial charge in [0.15, 0.2) is 0 Å². The fourth-order valence-corrected chi connectivity index (χ4v) is 1.30. The first-order chi connectivity index (χ1) is 8.08. The van der Waals surface area contributed by atoms with E-state index in [2.05, 4.69) is 21.3 Å². The summed E-state index contributed by atoms with van der Waals surface area (Å²) in [5.74, 6) is 3.65. The van der Waals surface area contributed by atoms with Crippen LogP contribution in [0.2, 0.25) is 5.02 Å². The molecule has 0 fully saturated rings. The number of carbonyl (C=O) groups is 2. The molecule has 0 N–H and O–H groups in total. The lowest BCUT2D eigenvalue weighted by Crippen LogP contribution is -2.02. The number of benzene rings is 1. The lowest BCUT2D eigenvalue weighted by Gasteiger charge is -2.01. The lowest BCUT2D eigenvalue weighted by molar-refractivity contribution is -0.133. The fourth-order valence-electron chi connectivity index (χ4n) is 1.04. The highest BCUT2D eigenvalue weighted by atomic mass is 35.5. The molecule has 4 nitrogen and oxygen atoms in total. The maximum atomic E-state index is 11.2. The average molecular weight is 253 g/mol. The molecule has 0 saturated heterocycles. The van der Waals surface area contributed by atoms with E-state index in [1.54, 1.807) is 6.07 Å². The molecule has 0 unspecified atom stereocenters. The molecule has 0 spiro atoms. The molecule has 0 aliphatic carbocycles. The summed E-state index contributed by atoms with van der Waals surface area (Å²) < 4.78 is 8.90. The number of hydrogen-bond donors (Lipinski definition) is 0. The monoisotopic (exact) mass is 252 g/mol. The molecular weight excluding hydrogens is 244 g/mol. The second kappa shape index (κ2) is 5.92. The molecule has 88 valence electrons. The molecule has 1 aromatic carbocycles. The molecule has 0 atom stereocenters. The van der Waals surface area contributed by atoms with Crippen LogP contribution in [0.1, 0.15) is 15.9 Å². The standard InChI is InChI=1S/C12H9ClO4/c1-16-11(14)6-4-8-3-5-9(10(13)7-8)12(15)17-2/h3,5,7H,1-2H3. The van der Waals surface area contributed by atoms with E-state index in [1.807, 2.05) is 0 Å². The highest BCUT2D eigenvalue weighted by Gasteiger charge is 2.10. The summed E-state index contributed by atoms with van der Waals surface area (Å²) in [5.41, 5.74) is 0.755. The van der Waals surface area contributed by atoms with Gasteiger partial charge in [-0.2, -0.15) is 0 Å². The minimum Gasteiger partial charge on any atom is -0.465 e. The minimum absolute atomic E-state index is 0.216. The average Bonchev–Trinajstić information content (AvgIpc) is 2.35. The van der Waals surface area contributed by atoms with Crippen molar-refractivity contribution in [1.29, 1.82) is 0 Å². The van der Waals surface area contributed by atoms with E-state index in [1.165, 1.54) is 26.4 Å². The zero-order valence-electron chi connectivity index (χ0n) is 9.24. The van der Waals surface area contributed by atoms with Crippen molar-refractivity contribution >= 4 is 23.5 Å². The number of halogens is 1. The van der Waals surface area contributed by atoms with Gasteiger partial charge in [-0.05, 0) is 18.2 Å². The first-order valence-corrected chi connectivity index (χ1v) is 4.94. The van der Waals surface area contributed by atoms with Gasteiger partial charge < -0.3 is 9.47 Å². The van der Waals surface area contributed by atoms with Crippen LogP contribution in [-0.4, -0.2) is 26.2 Å². The zero-order valence-corrected chi connectivity index (χ0v) is 10.00. The van der Waals surface area contributed by atoms with Crippen LogP contribution in [0.4, 0.5) is 0 Å². The van der Waals surface area contributed by atoms with E-state index >= 15 is 0 Å². The number of esters is 2. The zero-order chi connectivity index (χ0) is 12.8. The Balaban J connectivity index is 3.00. The van der Waals surface area contributed by atoms with Crippen LogP contribution >= 0.6 is 11.6 Å². The van der Waals surface area contributed by atoms with Crippen molar-refractivity contribution in [2.45, 2.75) is 0 Å². The largest absolute Gasteiger partial charge is 0.465 e. The summed E-state index contributed by atoms with van der Waals surface area (Å²) in [7, 11) is 2.51. The molecule has 0 heterocycles. The van der Waals surface area contributed by atoms with Gasteiger partial charge in [0.25, 0.3) is 0 Å². The van der Waals surface area contributed by atoms with Gasteiger partial charge in [-0.3, -0.25) is 0 Å². The van der Waals surface area contributed by atoms with Gasteiger partial charge >= 0.3 is 11.9 Å². The van der Waals surface area contributed by atoms with Crippen LogP contribution in [-0.2, 0) is 14.3 Å². The Morgan fingerprint density at radius 3 is 2.47 bits per heavy atom. The third-order valence-corrected chi connectivity index (χ3v) is 2.18. The predicted octanol–water partition coefficient (Wildman–Crippen LogP) is 1.65. The van der Waals surface area contributed by atoms with Crippen LogP contribution in [0.5, 0.6) is 0 Å². The van der Waals surface area contributed by atoms with Crippen LogP contribution in [0, 0.1) is 11.8 Å². The van der Waals surface area contributed by atoms with Crippen molar-refractivity contribution in [3.8, 4) is 11.8 Å². The van der Waals surface area contributed by atoms with Crippen molar-refractivity contribution in [3.05, 3.63) is 34.3 Å². The molecule has 1 aromatic rings. The Morgan fingerprint density at radius 1 is 1.24 bits per heavy atom. The van der Waals surface area contributed by atoms with Gasteiger partial charge in [0, 0.05) is 11.5 Å². The first kappa shape index (κ1) is 13.1. The molecule has 5 heteroatoms. The number of hydrogen-bond acceptors (Lipinski definition) is 4. The van der Waals surface area contributed by atoms with E-state index in [0.717, 1.165) is 0 Å². The molecule has 0 aromatic heterocycles. The second-order valence-corrected chi connectivity index (χ2v) is 3.33. The van der Waals surface area contributed by atoms with Crippen molar-refractivity contribution in [3.63, 3.8) is 0 Å². The molecule has 0 amide bonds. The Bertz CT molecular complexity index is 511. The van der Waals surface area contributed by atoms with E-state index in [9.17, 15) is 9.59 Å². The SMILES string of the molecule is COC(=O)C#Cc1ccc(C(=O)OC)c(Cl)c1. The van der Waals surface area contributed by atoms with Crippen LogP contribution in [0.15, 0.2) is 18.2 Å². The van der Waals surface area contributed by atoms with E-state index in [-0.39, 0.29) is 10.6 Å². The maximum Gasteiger partial charge on any atom is 0.384 e. The molecule has 0 bridgehead atoms. The van der Waals surface area contributed by atoms with Crippen LogP contribution in [0.3, 0.4) is 0 Å². The van der Waals surface area contributed by atoms with E-state index in [0.29, 0.717) is 5.56 Å². The number of ether oxygens (including phenoxy) is 2. The highest BCUT2D eigenvalue weighted by molar-refractivity contribution is 6.33. The second-order valence-electron chi connectivity index (χ2n) is 2.93.